The number of rotatable bonds is 4. The lowest BCUT2D eigenvalue weighted by molar-refractivity contribution is 0.292. The van der Waals surface area contributed by atoms with Gasteiger partial charge in [0.15, 0.2) is 0 Å². The first-order chi connectivity index (χ1) is 9.02. The molecule has 3 nitrogen and oxygen atoms in total. The second-order valence-electron chi connectivity index (χ2n) is 4.05. The van der Waals surface area contributed by atoms with Crippen molar-refractivity contribution in [2.75, 3.05) is 0 Å². The van der Waals surface area contributed by atoms with Crippen LogP contribution in [0.3, 0.4) is 0 Å². The summed E-state index contributed by atoms with van der Waals surface area (Å²) in [4.78, 5) is 0. The molecule has 0 radical (unpaired) electrons. The molecule has 0 aliphatic heterocycles. The zero-order valence-corrected chi connectivity index (χ0v) is 14.5. The first kappa shape index (κ1) is 14.9. The quantitative estimate of drug-likeness (QED) is 0.731. The number of aryl methyl sites for hydroxylation is 2. The van der Waals surface area contributed by atoms with Crippen molar-refractivity contribution in [3.05, 3.63) is 43.6 Å². The molecule has 0 bridgehead atoms. The van der Waals surface area contributed by atoms with Gasteiger partial charge in [0, 0.05) is 12.1 Å². The summed E-state index contributed by atoms with van der Waals surface area (Å²) in [5.74, 6) is 0.760. The summed E-state index contributed by atoms with van der Waals surface area (Å²) in [6, 6.07) is 5.46. The lowest BCUT2D eigenvalue weighted by Crippen LogP contribution is -2.04. The van der Waals surface area contributed by atoms with Gasteiger partial charge in [0.25, 0.3) is 0 Å². The Bertz CT molecular complexity index is 599. The normalized spacial score (nSPS) is 10.8. The van der Waals surface area contributed by atoms with Gasteiger partial charge < -0.3 is 4.74 Å². The van der Waals surface area contributed by atoms with Crippen molar-refractivity contribution in [1.29, 1.82) is 0 Å². The third-order valence-electron chi connectivity index (χ3n) is 2.76. The molecule has 0 aliphatic rings. The van der Waals surface area contributed by atoms with E-state index in [1.54, 1.807) is 6.07 Å². The van der Waals surface area contributed by atoms with Crippen LogP contribution in [0.2, 0.25) is 5.02 Å². The topological polar surface area (TPSA) is 27.1 Å². The van der Waals surface area contributed by atoms with Gasteiger partial charge >= 0.3 is 0 Å². The van der Waals surface area contributed by atoms with E-state index in [-0.39, 0.29) is 0 Å². The molecule has 1 aromatic carbocycles. The second-order valence-corrected chi connectivity index (χ2v) is 6.13. The zero-order chi connectivity index (χ0) is 14.0. The molecule has 1 heterocycles. The first-order valence-corrected chi connectivity index (χ1v) is 7.77. The van der Waals surface area contributed by atoms with Crippen molar-refractivity contribution in [2.24, 2.45) is 7.05 Å². The molecule has 0 saturated carbocycles. The number of benzene rings is 1. The van der Waals surface area contributed by atoms with Gasteiger partial charge in [0.1, 0.15) is 12.4 Å². The summed E-state index contributed by atoms with van der Waals surface area (Å²) in [6.07, 6.45) is 0.888. The van der Waals surface area contributed by atoms with Crippen LogP contribution in [0, 0.1) is 0 Å². The molecular weight excluding hydrogens is 395 g/mol. The molecular formula is C13H13Br2ClN2O. The number of halogens is 3. The maximum atomic E-state index is 5.90. The Kier molecular flexibility index (Phi) is 4.92. The van der Waals surface area contributed by atoms with Gasteiger partial charge in [0.2, 0.25) is 0 Å². The van der Waals surface area contributed by atoms with Crippen molar-refractivity contribution >= 4 is 43.5 Å². The first-order valence-electron chi connectivity index (χ1n) is 5.81. The molecule has 0 N–H and O–H groups in total. The highest BCUT2D eigenvalue weighted by Gasteiger charge is 2.13. The summed E-state index contributed by atoms with van der Waals surface area (Å²) < 4.78 is 9.50. The van der Waals surface area contributed by atoms with Gasteiger partial charge in [-0.1, -0.05) is 18.5 Å². The highest BCUT2D eigenvalue weighted by Crippen LogP contribution is 2.30. The number of hydrogen-bond donors (Lipinski definition) is 0. The summed E-state index contributed by atoms with van der Waals surface area (Å²) in [6.45, 7) is 2.53. The van der Waals surface area contributed by atoms with E-state index in [1.807, 2.05) is 23.9 Å². The Morgan fingerprint density at radius 1 is 1.37 bits per heavy atom. The van der Waals surface area contributed by atoms with E-state index in [0.717, 1.165) is 32.5 Å². The van der Waals surface area contributed by atoms with Crippen LogP contribution in [0.5, 0.6) is 5.75 Å². The predicted octanol–water partition coefficient (Wildman–Crippen LogP) is 4.74. The van der Waals surface area contributed by atoms with Crippen LogP contribution >= 0.6 is 43.5 Å². The monoisotopic (exact) mass is 406 g/mol. The maximum Gasteiger partial charge on any atom is 0.134 e. The number of ether oxygens (including phenoxy) is 1. The summed E-state index contributed by atoms with van der Waals surface area (Å²) in [5, 5.41) is 5.11. The van der Waals surface area contributed by atoms with E-state index in [4.69, 9.17) is 16.3 Å². The molecule has 2 rings (SSSR count). The van der Waals surface area contributed by atoms with Crippen LogP contribution < -0.4 is 4.74 Å². The van der Waals surface area contributed by atoms with Crippen LogP contribution in [0.15, 0.2) is 27.1 Å². The third kappa shape index (κ3) is 3.33. The molecule has 0 fully saturated rings. The SMILES string of the molecule is CCc1nn(C)c(COc2ccc(Cl)cc2Br)c1Br. The van der Waals surface area contributed by atoms with E-state index in [0.29, 0.717) is 11.6 Å². The van der Waals surface area contributed by atoms with E-state index in [1.165, 1.54) is 0 Å². The van der Waals surface area contributed by atoms with Crippen molar-refractivity contribution in [3.8, 4) is 5.75 Å². The largest absolute Gasteiger partial charge is 0.486 e. The molecule has 102 valence electrons. The minimum absolute atomic E-state index is 0.449. The van der Waals surface area contributed by atoms with Crippen LogP contribution in [0.1, 0.15) is 18.3 Å². The highest BCUT2D eigenvalue weighted by atomic mass is 79.9. The minimum Gasteiger partial charge on any atom is -0.486 e. The number of nitrogens with zero attached hydrogens (tertiary/aromatic N) is 2. The minimum atomic E-state index is 0.449. The molecule has 1 aromatic heterocycles. The van der Waals surface area contributed by atoms with Gasteiger partial charge in [-0.25, -0.2) is 0 Å². The van der Waals surface area contributed by atoms with Gasteiger partial charge in [-0.2, -0.15) is 5.10 Å². The Labute approximate surface area is 134 Å². The molecule has 19 heavy (non-hydrogen) atoms. The third-order valence-corrected chi connectivity index (χ3v) is 4.53. The van der Waals surface area contributed by atoms with Crippen LogP contribution in [0.4, 0.5) is 0 Å². The molecule has 6 heteroatoms. The Balaban J connectivity index is 2.16. The van der Waals surface area contributed by atoms with Gasteiger partial charge in [-0.3, -0.25) is 4.68 Å². The average Bonchev–Trinajstić information content (AvgIpc) is 2.64. The van der Waals surface area contributed by atoms with E-state index >= 15 is 0 Å². The molecule has 0 aliphatic carbocycles. The predicted molar refractivity (Wildman–Crippen MR) is 83.8 cm³/mol. The maximum absolute atomic E-state index is 5.90. The van der Waals surface area contributed by atoms with Crippen LogP contribution in [-0.2, 0) is 20.1 Å². The fourth-order valence-electron chi connectivity index (χ4n) is 1.72. The van der Waals surface area contributed by atoms with Gasteiger partial charge in [-0.05, 0) is 56.5 Å². The van der Waals surface area contributed by atoms with Crippen LogP contribution in [-0.4, -0.2) is 9.78 Å². The standard InChI is InChI=1S/C13H13Br2ClN2O/c1-3-10-13(15)11(18(2)17-10)7-19-12-5-4-8(16)6-9(12)14/h4-6H,3,7H2,1-2H3. The Morgan fingerprint density at radius 3 is 2.68 bits per heavy atom. The molecule has 0 spiro atoms. The molecule has 0 saturated heterocycles. The average molecular weight is 409 g/mol. The van der Waals surface area contributed by atoms with Crippen molar-refractivity contribution in [1.82, 2.24) is 9.78 Å². The lowest BCUT2D eigenvalue weighted by Gasteiger charge is -2.09. The lowest BCUT2D eigenvalue weighted by atomic mass is 10.3. The van der Waals surface area contributed by atoms with Crippen LogP contribution in [0.25, 0.3) is 0 Å². The summed E-state index contributed by atoms with van der Waals surface area (Å²) in [5.41, 5.74) is 2.05. The fourth-order valence-corrected chi connectivity index (χ4v) is 3.24. The number of aromatic nitrogens is 2. The molecule has 2 aromatic rings. The van der Waals surface area contributed by atoms with Gasteiger partial charge in [-0.15, -0.1) is 0 Å². The van der Waals surface area contributed by atoms with E-state index in [9.17, 15) is 0 Å². The Morgan fingerprint density at radius 2 is 2.11 bits per heavy atom. The fraction of sp³-hybridized carbons (Fsp3) is 0.308. The zero-order valence-electron chi connectivity index (χ0n) is 10.6. The smallest absolute Gasteiger partial charge is 0.134 e. The van der Waals surface area contributed by atoms with Crippen molar-refractivity contribution in [2.45, 2.75) is 20.0 Å². The highest BCUT2D eigenvalue weighted by molar-refractivity contribution is 9.10. The Hall–Kier alpha value is -0.520. The second kappa shape index (κ2) is 6.29. The molecule has 0 atom stereocenters. The number of hydrogen-bond acceptors (Lipinski definition) is 2. The van der Waals surface area contributed by atoms with Gasteiger partial charge in [0.05, 0.1) is 20.3 Å². The van der Waals surface area contributed by atoms with E-state index in [2.05, 4.69) is 43.9 Å². The summed E-state index contributed by atoms with van der Waals surface area (Å²) >= 11 is 12.9. The molecule has 0 unspecified atom stereocenters. The summed E-state index contributed by atoms with van der Waals surface area (Å²) in [7, 11) is 1.92. The van der Waals surface area contributed by atoms with E-state index < -0.39 is 0 Å². The van der Waals surface area contributed by atoms with Crippen molar-refractivity contribution in [3.63, 3.8) is 0 Å². The molecule has 0 amide bonds. The van der Waals surface area contributed by atoms with Crippen molar-refractivity contribution < 1.29 is 4.74 Å².